The molecular formula is C17H24FN3O3. The third kappa shape index (κ3) is 5.28. The van der Waals surface area contributed by atoms with Gasteiger partial charge < -0.3 is 15.4 Å². The molecule has 6 nitrogen and oxygen atoms in total. The zero-order valence-electron chi connectivity index (χ0n) is 14.1. The summed E-state index contributed by atoms with van der Waals surface area (Å²) in [7, 11) is 0. The predicted octanol–water partition coefficient (Wildman–Crippen LogP) is 1.14. The Balaban J connectivity index is 2.08. The summed E-state index contributed by atoms with van der Waals surface area (Å²) >= 11 is 0. The number of hydrogen-bond acceptors (Lipinski definition) is 4. The number of anilines is 1. The average Bonchev–Trinajstić information content (AvgIpc) is 2.47. The van der Waals surface area contributed by atoms with Crippen LogP contribution in [-0.2, 0) is 14.3 Å². The highest BCUT2D eigenvalue weighted by molar-refractivity contribution is 5.95. The highest BCUT2D eigenvalue weighted by Crippen LogP contribution is 2.17. The van der Waals surface area contributed by atoms with Crippen molar-refractivity contribution in [2.24, 2.45) is 5.73 Å². The van der Waals surface area contributed by atoms with Crippen LogP contribution >= 0.6 is 0 Å². The molecule has 0 aliphatic carbocycles. The molecule has 0 bridgehead atoms. The Morgan fingerprint density at radius 2 is 1.83 bits per heavy atom. The highest BCUT2D eigenvalue weighted by Gasteiger charge is 2.26. The van der Waals surface area contributed by atoms with Gasteiger partial charge in [-0.15, -0.1) is 0 Å². The van der Waals surface area contributed by atoms with Gasteiger partial charge in [0.05, 0.1) is 18.8 Å². The van der Waals surface area contributed by atoms with E-state index in [9.17, 15) is 14.0 Å². The Bertz CT molecular complexity index is 569. The molecule has 1 aliphatic rings. The average molecular weight is 337 g/mol. The summed E-state index contributed by atoms with van der Waals surface area (Å²) < 4.78 is 18.8. The van der Waals surface area contributed by atoms with Crippen molar-refractivity contribution in [3.63, 3.8) is 0 Å². The second-order valence-corrected chi connectivity index (χ2v) is 6.19. The van der Waals surface area contributed by atoms with Crippen LogP contribution in [-0.4, -0.2) is 55.1 Å². The van der Waals surface area contributed by atoms with Crippen LogP contribution in [0.3, 0.4) is 0 Å². The minimum Gasteiger partial charge on any atom is -0.373 e. The van der Waals surface area contributed by atoms with Gasteiger partial charge in [0, 0.05) is 31.7 Å². The molecule has 24 heavy (non-hydrogen) atoms. The molecule has 0 spiro atoms. The first-order valence-electron chi connectivity index (χ1n) is 8.07. The van der Waals surface area contributed by atoms with Crippen molar-refractivity contribution in [3.8, 4) is 0 Å². The lowest BCUT2D eigenvalue weighted by atomic mass is 10.2. The number of carbonyl (C=O) groups is 2. The highest BCUT2D eigenvalue weighted by atomic mass is 19.1. The normalized spacial score (nSPS) is 21.5. The first-order chi connectivity index (χ1) is 11.3. The van der Waals surface area contributed by atoms with Crippen LogP contribution in [0.25, 0.3) is 0 Å². The van der Waals surface area contributed by atoms with Gasteiger partial charge >= 0.3 is 0 Å². The molecule has 0 radical (unpaired) electrons. The molecule has 2 N–H and O–H groups in total. The van der Waals surface area contributed by atoms with E-state index < -0.39 is 5.91 Å². The van der Waals surface area contributed by atoms with Gasteiger partial charge in [-0.05, 0) is 38.1 Å². The molecule has 1 saturated heterocycles. The maximum atomic E-state index is 13.1. The number of ether oxygens (including phenoxy) is 1. The van der Waals surface area contributed by atoms with Gasteiger partial charge in [0.2, 0.25) is 11.8 Å². The maximum absolute atomic E-state index is 13.1. The number of carbonyl (C=O) groups excluding carboxylic acids is 2. The van der Waals surface area contributed by atoms with Gasteiger partial charge in [0.15, 0.2) is 0 Å². The molecule has 0 aromatic heterocycles. The molecule has 1 aliphatic heterocycles. The fourth-order valence-corrected chi connectivity index (χ4v) is 2.93. The number of morpholine rings is 1. The largest absolute Gasteiger partial charge is 0.373 e. The van der Waals surface area contributed by atoms with E-state index in [-0.39, 0.29) is 43.4 Å². The zero-order chi connectivity index (χ0) is 17.7. The van der Waals surface area contributed by atoms with E-state index in [4.69, 9.17) is 10.5 Å². The number of hydrogen-bond donors (Lipinski definition) is 1. The van der Waals surface area contributed by atoms with Gasteiger partial charge in [-0.3, -0.25) is 14.5 Å². The van der Waals surface area contributed by atoms with Crippen molar-refractivity contribution < 1.29 is 18.7 Å². The minimum atomic E-state index is -0.483. The second kappa shape index (κ2) is 8.21. The van der Waals surface area contributed by atoms with Crippen LogP contribution in [0.1, 0.15) is 20.3 Å². The molecule has 1 aromatic carbocycles. The van der Waals surface area contributed by atoms with Crippen LogP contribution < -0.4 is 10.6 Å². The van der Waals surface area contributed by atoms with Crippen LogP contribution in [0.15, 0.2) is 24.3 Å². The monoisotopic (exact) mass is 337 g/mol. The lowest BCUT2D eigenvalue weighted by molar-refractivity contribution is -0.123. The summed E-state index contributed by atoms with van der Waals surface area (Å²) in [6.07, 6.45) is 0.178. The fourth-order valence-electron chi connectivity index (χ4n) is 2.93. The molecular weight excluding hydrogens is 313 g/mol. The van der Waals surface area contributed by atoms with Crippen molar-refractivity contribution >= 4 is 17.5 Å². The van der Waals surface area contributed by atoms with E-state index in [0.717, 1.165) is 0 Å². The molecule has 1 aromatic rings. The Kier molecular flexibility index (Phi) is 6.28. The first-order valence-corrected chi connectivity index (χ1v) is 8.07. The van der Waals surface area contributed by atoms with Gasteiger partial charge in [0.1, 0.15) is 5.82 Å². The first kappa shape index (κ1) is 18.4. The van der Waals surface area contributed by atoms with Crippen LogP contribution in [0.4, 0.5) is 10.1 Å². The molecule has 2 amide bonds. The van der Waals surface area contributed by atoms with Crippen molar-refractivity contribution in [2.45, 2.75) is 32.5 Å². The van der Waals surface area contributed by atoms with Gasteiger partial charge in [-0.25, -0.2) is 4.39 Å². The zero-order valence-corrected chi connectivity index (χ0v) is 14.1. The van der Waals surface area contributed by atoms with Crippen molar-refractivity contribution in [1.82, 2.24) is 4.90 Å². The molecule has 0 saturated carbocycles. The maximum Gasteiger partial charge on any atom is 0.241 e. The molecule has 2 atom stereocenters. The van der Waals surface area contributed by atoms with Gasteiger partial charge in [0.25, 0.3) is 0 Å². The summed E-state index contributed by atoms with van der Waals surface area (Å²) in [4.78, 5) is 27.3. The lowest BCUT2D eigenvalue weighted by Gasteiger charge is -2.36. The lowest BCUT2D eigenvalue weighted by Crippen LogP contribution is -2.50. The van der Waals surface area contributed by atoms with E-state index in [2.05, 4.69) is 0 Å². The minimum absolute atomic E-state index is 0.0546. The van der Waals surface area contributed by atoms with E-state index in [1.54, 1.807) is 0 Å². The smallest absolute Gasteiger partial charge is 0.241 e. The summed E-state index contributed by atoms with van der Waals surface area (Å²) in [5.74, 6) is -1.01. The van der Waals surface area contributed by atoms with Crippen LogP contribution in [0, 0.1) is 5.82 Å². The number of nitrogens with two attached hydrogens (primary N) is 1. The van der Waals surface area contributed by atoms with Crippen LogP contribution in [0.5, 0.6) is 0 Å². The third-order valence-corrected chi connectivity index (χ3v) is 3.88. The standard InChI is InChI=1S/C17H24FN3O3/c1-12-9-20(10-13(2)24-12)11-17(23)21(8-7-16(19)22)15-5-3-14(18)4-6-15/h3-6,12-13H,7-11H2,1-2H3,(H2,19,22). The Hall–Kier alpha value is -1.99. The molecule has 2 rings (SSSR count). The van der Waals surface area contributed by atoms with E-state index in [1.165, 1.54) is 29.2 Å². The second-order valence-electron chi connectivity index (χ2n) is 6.19. The molecule has 1 heterocycles. The molecule has 2 unspecified atom stereocenters. The SMILES string of the molecule is CC1CN(CC(=O)N(CCC(N)=O)c2ccc(F)cc2)CC(C)O1. The quantitative estimate of drug-likeness (QED) is 0.845. The Morgan fingerprint density at radius 1 is 1.25 bits per heavy atom. The Labute approximate surface area is 141 Å². The topological polar surface area (TPSA) is 75.9 Å². The summed E-state index contributed by atoms with van der Waals surface area (Å²) in [6.45, 7) is 5.67. The predicted molar refractivity (Wildman–Crippen MR) is 89.0 cm³/mol. The number of amides is 2. The van der Waals surface area contributed by atoms with Gasteiger partial charge in [-0.1, -0.05) is 0 Å². The Morgan fingerprint density at radius 3 is 2.38 bits per heavy atom. The summed E-state index contributed by atoms with van der Waals surface area (Å²) in [6, 6.07) is 5.63. The van der Waals surface area contributed by atoms with E-state index in [1.807, 2.05) is 18.7 Å². The van der Waals surface area contributed by atoms with Crippen LogP contribution in [0.2, 0.25) is 0 Å². The summed E-state index contributed by atoms with van der Waals surface area (Å²) in [5, 5.41) is 0. The van der Waals surface area contributed by atoms with Crippen molar-refractivity contribution in [2.75, 3.05) is 31.1 Å². The number of halogens is 1. The number of rotatable bonds is 6. The third-order valence-electron chi connectivity index (χ3n) is 3.88. The van der Waals surface area contributed by atoms with E-state index >= 15 is 0 Å². The number of primary amides is 1. The molecule has 132 valence electrons. The number of benzene rings is 1. The van der Waals surface area contributed by atoms with E-state index in [0.29, 0.717) is 18.8 Å². The van der Waals surface area contributed by atoms with Crippen molar-refractivity contribution in [3.05, 3.63) is 30.1 Å². The molecule has 1 fully saturated rings. The number of nitrogens with zero attached hydrogens (tertiary/aromatic N) is 2. The fraction of sp³-hybridized carbons (Fsp3) is 0.529. The summed E-state index contributed by atoms with van der Waals surface area (Å²) in [5.41, 5.74) is 5.75. The molecule has 7 heteroatoms. The van der Waals surface area contributed by atoms with Crippen molar-refractivity contribution in [1.29, 1.82) is 0 Å². The van der Waals surface area contributed by atoms with Gasteiger partial charge in [-0.2, -0.15) is 0 Å².